The van der Waals surface area contributed by atoms with Crippen molar-refractivity contribution in [1.29, 1.82) is 0 Å². The Hall–Kier alpha value is -4.24. The van der Waals surface area contributed by atoms with E-state index in [1.807, 2.05) is 51.1 Å². The summed E-state index contributed by atoms with van der Waals surface area (Å²) in [4.78, 5) is 22.3. The molecule has 3 aromatic carbocycles. The maximum Gasteiger partial charge on any atom is 0.265 e. The molecule has 2 bridgehead atoms. The number of nitrogens with zero attached hydrogens (tertiary/aromatic N) is 2. The zero-order valence-corrected chi connectivity index (χ0v) is 24.8. The Morgan fingerprint density at radius 3 is 2.20 bits per heavy atom. The molecule has 0 spiro atoms. The number of benzene rings is 3. The molecule has 5 rings (SSSR count). The fourth-order valence-electron chi connectivity index (χ4n) is 5.06. The highest BCUT2D eigenvalue weighted by molar-refractivity contribution is 7.92. The number of ether oxygens (including phenoxy) is 1. The molecule has 1 aromatic heterocycles. The van der Waals surface area contributed by atoms with Gasteiger partial charge in [0, 0.05) is 11.6 Å². The van der Waals surface area contributed by atoms with Gasteiger partial charge in [-0.05, 0) is 60.6 Å². The summed E-state index contributed by atoms with van der Waals surface area (Å²) in [6, 6.07) is 21.2. The Labute approximate surface area is 241 Å². The van der Waals surface area contributed by atoms with Crippen LogP contribution in [0.5, 0.6) is 5.88 Å². The van der Waals surface area contributed by atoms with E-state index in [9.17, 15) is 13.2 Å². The molecular weight excluding hydrogens is 536 g/mol. The average molecular weight is 571 g/mol. The number of aromatic nitrogens is 2. The van der Waals surface area contributed by atoms with Crippen LogP contribution < -0.4 is 14.8 Å². The largest absolute Gasteiger partial charge is 0.467 e. The summed E-state index contributed by atoms with van der Waals surface area (Å²) in [6.45, 7) is 12.2. The predicted molar refractivity (Wildman–Crippen MR) is 160 cm³/mol. The van der Waals surface area contributed by atoms with Crippen LogP contribution in [0.15, 0.2) is 77.7 Å². The van der Waals surface area contributed by atoms with Crippen LogP contribution >= 0.6 is 0 Å². The van der Waals surface area contributed by atoms with E-state index in [0.717, 1.165) is 27.8 Å². The number of anilines is 1. The molecule has 1 aliphatic heterocycles. The number of fused-ring (bicyclic) bond motifs is 3. The molecule has 0 unspecified atom stereocenters. The van der Waals surface area contributed by atoms with Gasteiger partial charge in [-0.3, -0.25) is 4.79 Å². The maximum atomic E-state index is 13.5. The van der Waals surface area contributed by atoms with Crippen LogP contribution in [0.25, 0.3) is 11.3 Å². The molecule has 1 amide bonds. The van der Waals surface area contributed by atoms with Crippen molar-refractivity contribution in [3.63, 3.8) is 0 Å². The van der Waals surface area contributed by atoms with Gasteiger partial charge in [0.15, 0.2) is 0 Å². The summed E-state index contributed by atoms with van der Waals surface area (Å²) in [5.41, 5.74) is 5.32. The number of hydrogen-bond acceptors (Lipinski definition) is 6. The lowest BCUT2D eigenvalue weighted by Crippen LogP contribution is -2.40. The Morgan fingerprint density at radius 1 is 0.878 bits per heavy atom. The second kappa shape index (κ2) is 10.6. The first-order valence-electron chi connectivity index (χ1n) is 13.5. The van der Waals surface area contributed by atoms with Crippen molar-refractivity contribution in [3.05, 3.63) is 101 Å². The number of amides is 1. The van der Waals surface area contributed by atoms with Crippen molar-refractivity contribution in [2.24, 2.45) is 0 Å². The van der Waals surface area contributed by atoms with Gasteiger partial charge in [0.05, 0.1) is 17.3 Å². The van der Waals surface area contributed by atoms with Crippen LogP contribution in [-0.2, 0) is 15.4 Å². The molecule has 212 valence electrons. The summed E-state index contributed by atoms with van der Waals surface area (Å²) < 4.78 is 36.0. The Morgan fingerprint density at radius 2 is 1.54 bits per heavy atom. The fourth-order valence-corrected chi connectivity index (χ4v) is 6.21. The molecule has 0 saturated heterocycles. The average Bonchev–Trinajstić information content (AvgIpc) is 2.90. The van der Waals surface area contributed by atoms with Gasteiger partial charge >= 0.3 is 0 Å². The first kappa shape index (κ1) is 28.3. The molecule has 0 aliphatic carbocycles. The smallest absolute Gasteiger partial charge is 0.265 e. The molecule has 0 fully saturated rings. The maximum absolute atomic E-state index is 13.5. The van der Waals surface area contributed by atoms with Crippen molar-refractivity contribution >= 4 is 21.9 Å². The number of rotatable bonds is 2. The van der Waals surface area contributed by atoms with Crippen molar-refractivity contribution in [2.45, 2.75) is 64.0 Å². The highest BCUT2D eigenvalue weighted by atomic mass is 32.2. The molecule has 8 nitrogen and oxygen atoms in total. The van der Waals surface area contributed by atoms with Crippen LogP contribution in [0.3, 0.4) is 0 Å². The van der Waals surface area contributed by atoms with E-state index in [0.29, 0.717) is 5.69 Å². The van der Waals surface area contributed by atoms with Gasteiger partial charge in [-0.15, -0.1) is 0 Å². The van der Waals surface area contributed by atoms with E-state index in [2.05, 4.69) is 52.9 Å². The van der Waals surface area contributed by atoms with E-state index in [1.165, 1.54) is 12.1 Å². The van der Waals surface area contributed by atoms with Crippen molar-refractivity contribution in [2.75, 3.05) is 4.72 Å². The quantitative estimate of drug-likeness (QED) is 0.301. The first-order valence-corrected chi connectivity index (χ1v) is 15.0. The summed E-state index contributed by atoms with van der Waals surface area (Å²) in [6.07, 6.45) is -0.635. The van der Waals surface area contributed by atoms with Crippen LogP contribution in [0.2, 0.25) is 0 Å². The molecule has 0 saturated carbocycles. The van der Waals surface area contributed by atoms with E-state index < -0.39 is 28.1 Å². The molecule has 9 heteroatoms. The minimum atomic E-state index is -4.21. The van der Waals surface area contributed by atoms with Crippen LogP contribution in [0, 0.1) is 13.8 Å². The lowest BCUT2D eigenvalue weighted by molar-refractivity contribution is 0.0873. The zero-order valence-electron chi connectivity index (χ0n) is 24.0. The van der Waals surface area contributed by atoms with Gasteiger partial charge in [0.25, 0.3) is 15.9 Å². The van der Waals surface area contributed by atoms with Crippen LogP contribution in [-0.4, -0.2) is 30.3 Å². The molecule has 2 N–H and O–H groups in total. The van der Waals surface area contributed by atoms with E-state index in [4.69, 9.17) is 4.74 Å². The van der Waals surface area contributed by atoms with Gasteiger partial charge in [-0.25, -0.2) is 18.1 Å². The number of hydrogen-bond donors (Lipinski definition) is 2. The molecule has 41 heavy (non-hydrogen) atoms. The molecule has 1 aliphatic rings. The third-order valence-electron chi connectivity index (χ3n) is 7.25. The predicted octanol–water partition coefficient (Wildman–Crippen LogP) is 6.11. The Bertz CT molecular complexity index is 1710. The van der Waals surface area contributed by atoms with Gasteiger partial charge in [0.1, 0.15) is 11.0 Å². The molecule has 0 radical (unpaired) electrons. The van der Waals surface area contributed by atoms with Crippen LogP contribution in [0.4, 0.5) is 5.95 Å². The standard InChI is InChI=1S/C32H34N4O4S/c1-19-10-9-11-20(2)28(19)25-18-27-35-31(34-25)36-41(38,39)26-13-8-7-12-24(26)30(37)33-21(3)29(40-27)22-14-16-23(17-15-22)32(4,5)6/h7-18,21,29H,1-6H3,(H,33,37)(H,34,35,36)/t21-,29+/m1/s1. The molecule has 2 heterocycles. The Kier molecular flexibility index (Phi) is 7.33. The molecular formula is C32H34N4O4S. The topological polar surface area (TPSA) is 110 Å². The van der Waals surface area contributed by atoms with Gasteiger partial charge < -0.3 is 10.1 Å². The SMILES string of the molecule is Cc1cccc(C)c1-c1cc2nc(n1)NS(=O)(=O)c1ccccc1C(=O)N[C@H](C)[C@@H](c1ccc(C(C)(C)C)cc1)O2. The lowest BCUT2D eigenvalue weighted by atomic mass is 9.86. The zero-order chi connectivity index (χ0) is 29.5. The first-order chi connectivity index (χ1) is 19.3. The summed E-state index contributed by atoms with van der Waals surface area (Å²) in [5, 5.41) is 2.96. The highest BCUT2D eigenvalue weighted by Crippen LogP contribution is 2.33. The van der Waals surface area contributed by atoms with Gasteiger partial charge in [-0.1, -0.05) is 75.4 Å². The third-order valence-corrected chi connectivity index (χ3v) is 8.64. The van der Waals surface area contributed by atoms with Gasteiger partial charge in [-0.2, -0.15) is 4.98 Å². The number of nitrogens with one attached hydrogen (secondary N) is 2. The fraction of sp³-hybridized carbons (Fsp3) is 0.281. The third kappa shape index (κ3) is 5.81. The number of carbonyl (C=O) groups is 1. The minimum Gasteiger partial charge on any atom is -0.467 e. The number of carbonyl (C=O) groups excluding carboxylic acids is 1. The monoisotopic (exact) mass is 570 g/mol. The van der Waals surface area contributed by atoms with E-state index in [-0.39, 0.29) is 27.7 Å². The highest BCUT2D eigenvalue weighted by Gasteiger charge is 2.30. The van der Waals surface area contributed by atoms with E-state index in [1.54, 1.807) is 18.2 Å². The number of aryl methyl sites for hydroxylation is 2. The normalized spacial score (nSPS) is 18.5. The van der Waals surface area contributed by atoms with Crippen LogP contribution in [0.1, 0.15) is 66.4 Å². The van der Waals surface area contributed by atoms with Crippen molar-refractivity contribution in [1.82, 2.24) is 15.3 Å². The lowest BCUT2D eigenvalue weighted by Gasteiger charge is -2.28. The second-order valence-corrected chi connectivity index (χ2v) is 13.1. The molecule has 2 atom stereocenters. The summed E-state index contributed by atoms with van der Waals surface area (Å²) in [5.74, 6) is -0.500. The minimum absolute atomic E-state index is 0.0142. The summed E-state index contributed by atoms with van der Waals surface area (Å²) >= 11 is 0. The second-order valence-electron chi connectivity index (χ2n) is 11.5. The number of sulfonamides is 1. The summed E-state index contributed by atoms with van der Waals surface area (Å²) in [7, 11) is -4.21. The van der Waals surface area contributed by atoms with E-state index >= 15 is 0 Å². The Balaban J connectivity index is 1.71. The molecule has 4 aromatic rings. The van der Waals surface area contributed by atoms with Gasteiger partial charge in [0.2, 0.25) is 11.8 Å². The van der Waals surface area contributed by atoms with Crippen molar-refractivity contribution < 1.29 is 17.9 Å². The van der Waals surface area contributed by atoms with Crippen molar-refractivity contribution in [3.8, 4) is 17.1 Å².